The number of ether oxygens (including phenoxy) is 2. The molecule has 2 aliphatic carbocycles. The van der Waals surface area contributed by atoms with Crippen LogP contribution in [0.15, 0.2) is 53.9 Å². The zero-order chi connectivity index (χ0) is 37.4. The van der Waals surface area contributed by atoms with E-state index in [9.17, 15) is 23.2 Å². The highest BCUT2D eigenvalue weighted by molar-refractivity contribution is 7.21. The zero-order valence-corrected chi connectivity index (χ0v) is 31.9. The Hall–Kier alpha value is -4.03. The van der Waals surface area contributed by atoms with E-state index in [1.165, 1.54) is 4.90 Å². The van der Waals surface area contributed by atoms with Crippen molar-refractivity contribution in [1.29, 1.82) is 0 Å². The molecule has 3 aromatic rings. The average Bonchev–Trinajstić information content (AvgIpc) is 3.45. The van der Waals surface area contributed by atoms with Crippen LogP contribution in [-0.2, 0) is 14.9 Å². The first kappa shape index (κ1) is 38.2. The molecule has 51 heavy (non-hydrogen) atoms. The summed E-state index contributed by atoms with van der Waals surface area (Å²) >= 11 is 7.50. The van der Waals surface area contributed by atoms with Gasteiger partial charge in [0.15, 0.2) is 0 Å². The third-order valence-electron chi connectivity index (χ3n) is 9.60. The van der Waals surface area contributed by atoms with Crippen molar-refractivity contribution in [2.45, 2.75) is 82.9 Å². The lowest BCUT2D eigenvalue weighted by Crippen LogP contribution is -2.48. The van der Waals surface area contributed by atoms with Crippen molar-refractivity contribution in [3.05, 3.63) is 86.7 Å². The lowest BCUT2D eigenvalue weighted by atomic mass is 9.75. The fraction of sp³-hybridized carbons (Fsp3) is 0.474. The van der Waals surface area contributed by atoms with Gasteiger partial charge in [-0.3, -0.25) is 14.6 Å². The van der Waals surface area contributed by atoms with Crippen LogP contribution >= 0.6 is 22.9 Å². The largest absolute Gasteiger partial charge is 0.497 e. The van der Waals surface area contributed by atoms with Gasteiger partial charge in [-0.05, 0) is 88.8 Å². The molecule has 3 amide bonds. The van der Waals surface area contributed by atoms with Crippen molar-refractivity contribution in [2.24, 2.45) is 0 Å². The first-order valence-electron chi connectivity index (χ1n) is 16.9. The fourth-order valence-electron chi connectivity index (χ4n) is 6.78. The number of rotatable bonds is 8. The molecule has 274 valence electrons. The first-order chi connectivity index (χ1) is 23.9. The van der Waals surface area contributed by atoms with Gasteiger partial charge in [-0.2, -0.15) is 0 Å². The Balaban J connectivity index is 1.51. The maximum Gasteiger partial charge on any atom is 0.410 e. The number of thiophene rings is 1. The molecule has 1 unspecified atom stereocenters. The van der Waals surface area contributed by atoms with Gasteiger partial charge in [-0.1, -0.05) is 24.6 Å². The van der Waals surface area contributed by atoms with Crippen molar-refractivity contribution in [3.63, 3.8) is 0 Å². The SMILES string of the molecule is COC1=CCC(C)(c2ccnc(C(=O)N(C)C)c2)C=C1CN(C(=O)c1sc2c(F)ccc(F)c2c1Cl)C1CCC(N(C)C(=O)OC(C)(C)C)CC1. The van der Waals surface area contributed by atoms with Gasteiger partial charge in [0.25, 0.3) is 11.8 Å². The molecule has 2 aliphatic rings. The highest BCUT2D eigenvalue weighted by Gasteiger charge is 2.37. The van der Waals surface area contributed by atoms with Crippen LogP contribution in [-0.4, -0.2) is 90.1 Å². The number of nitrogens with zero attached hydrogens (tertiary/aromatic N) is 4. The number of fused-ring (bicyclic) bond motifs is 1. The van der Waals surface area contributed by atoms with E-state index in [0.29, 0.717) is 43.6 Å². The topological polar surface area (TPSA) is 92.3 Å². The van der Waals surface area contributed by atoms with Crippen LogP contribution in [0.3, 0.4) is 0 Å². The van der Waals surface area contributed by atoms with Gasteiger partial charge in [0.2, 0.25) is 0 Å². The highest BCUT2D eigenvalue weighted by atomic mass is 35.5. The number of methoxy groups -OCH3 is 1. The summed E-state index contributed by atoms with van der Waals surface area (Å²) in [5.41, 5.74) is 0.709. The van der Waals surface area contributed by atoms with Gasteiger partial charge < -0.3 is 24.2 Å². The minimum atomic E-state index is -0.705. The molecular formula is C38H45ClF2N4O5S. The second kappa shape index (κ2) is 14.9. The van der Waals surface area contributed by atoms with Gasteiger partial charge in [0, 0.05) is 57.0 Å². The summed E-state index contributed by atoms with van der Waals surface area (Å²) in [6, 6.07) is 5.31. The molecule has 9 nitrogen and oxygen atoms in total. The quantitative estimate of drug-likeness (QED) is 0.230. The molecule has 0 saturated heterocycles. The predicted octanol–water partition coefficient (Wildman–Crippen LogP) is 8.37. The third-order valence-corrected chi connectivity index (χ3v) is 11.3. The van der Waals surface area contributed by atoms with E-state index >= 15 is 0 Å². The number of carbonyl (C=O) groups is 3. The third kappa shape index (κ3) is 8.07. The maximum absolute atomic E-state index is 14.9. The number of allylic oxidation sites excluding steroid dienone is 2. The molecule has 1 aromatic carbocycles. The molecule has 0 aliphatic heterocycles. The summed E-state index contributed by atoms with van der Waals surface area (Å²) in [6.07, 6.45) is 8.13. The van der Waals surface area contributed by atoms with Crippen LogP contribution in [0.2, 0.25) is 5.02 Å². The molecule has 13 heteroatoms. The van der Waals surface area contributed by atoms with E-state index in [4.69, 9.17) is 21.1 Å². The fourth-order valence-corrected chi connectivity index (χ4v) is 8.28. The summed E-state index contributed by atoms with van der Waals surface area (Å²) in [4.78, 5) is 49.4. The first-order valence-corrected chi connectivity index (χ1v) is 18.1. The smallest absolute Gasteiger partial charge is 0.410 e. The molecule has 0 spiro atoms. The zero-order valence-electron chi connectivity index (χ0n) is 30.3. The Kier molecular flexibility index (Phi) is 11.2. The van der Waals surface area contributed by atoms with E-state index in [-0.39, 0.29) is 44.5 Å². The van der Waals surface area contributed by atoms with Crippen molar-refractivity contribution in [2.75, 3.05) is 34.8 Å². The number of amides is 3. The van der Waals surface area contributed by atoms with Crippen molar-refractivity contribution < 1.29 is 32.6 Å². The van der Waals surface area contributed by atoms with Gasteiger partial charge >= 0.3 is 6.09 Å². The summed E-state index contributed by atoms with van der Waals surface area (Å²) in [6.45, 7) is 7.63. The summed E-state index contributed by atoms with van der Waals surface area (Å²) in [5.74, 6) is -1.43. The minimum Gasteiger partial charge on any atom is -0.497 e. The Bertz CT molecular complexity index is 1900. The molecule has 0 radical (unpaired) electrons. The number of aromatic nitrogens is 1. The van der Waals surface area contributed by atoms with Crippen LogP contribution < -0.4 is 0 Å². The van der Waals surface area contributed by atoms with Crippen LogP contribution in [0.25, 0.3) is 10.1 Å². The number of halogens is 3. The molecule has 1 atom stereocenters. The molecule has 0 bridgehead atoms. The molecular weight excluding hydrogens is 698 g/mol. The van der Waals surface area contributed by atoms with Gasteiger partial charge in [0.05, 0.1) is 22.2 Å². The molecule has 5 rings (SSSR count). The van der Waals surface area contributed by atoms with E-state index in [0.717, 1.165) is 34.6 Å². The summed E-state index contributed by atoms with van der Waals surface area (Å²) < 4.78 is 41.2. The number of pyridine rings is 1. The van der Waals surface area contributed by atoms with Crippen molar-refractivity contribution in [1.82, 2.24) is 19.7 Å². The van der Waals surface area contributed by atoms with E-state index in [1.807, 2.05) is 39.8 Å². The number of carbonyl (C=O) groups excluding carboxylic acids is 3. The van der Waals surface area contributed by atoms with Crippen LogP contribution in [0.1, 0.15) is 85.5 Å². The monoisotopic (exact) mass is 742 g/mol. The van der Waals surface area contributed by atoms with Crippen molar-refractivity contribution in [3.8, 4) is 0 Å². The van der Waals surface area contributed by atoms with Crippen LogP contribution in [0.5, 0.6) is 0 Å². The molecule has 1 saturated carbocycles. The Morgan fingerprint density at radius 2 is 1.67 bits per heavy atom. The number of hydrogen-bond acceptors (Lipinski definition) is 7. The summed E-state index contributed by atoms with van der Waals surface area (Å²) in [5, 5.41) is -0.240. The highest BCUT2D eigenvalue weighted by Crippen LogP contribution is 2.42. The Labute approximate surface area is 306 Å². The molecule has 2 heterocycles. The van der Waals surface area contributed by atoms with E-state index < -0.39 is 34.7 Å². The summed E-state index contributed by atoms with van der Waals surface area (Å²) in [7, 11) is 6.64. The van der Waals surface area contributed by atoms with Gasteiger partial charge in [-0.25, -0.2) is 13.6 Å². The minimum absolute atomic E-state index is 0.0197. The second-order valence-electron chi connectivity index (χ2n) is 14.7. The molecule has 2 aromatic heterocycles. The standard InChI is InChI=1S/C38H45ClF2N4O5S/c1-37(2,3)50-36(48)44(7)24-9-11-25(12-10-24)45(35(47)33-31(39)30-26(40)13-14-27(41)32(30)51-33)21-22-20-38(4,17-15-29(22)49-8)23-16-18-42-28(19-23)34(46)43(5)6/h13-16,18-20,24-25H,9-12,17,21H2,1-8H3. The number of hydrogen-bond donors (Lipinski definition) is 0. The van der Waals surface area contributed by atoms with Crippen LogP contribution in [0.4, 0.5) is 13.6 Å². The van der Waals surface area contributed by atoms with E-state index in [1.54, 1.807) is 50.3 Å². The average molecular weight is 743 g/mol. The Morgan fingerprint density at radius 3 is 2.27 bits per heavy atom. The van der Waals surface area contributed by atoms with Crippen molar-refractivity contribution >= 4 is 50.9 Å². The normalized spacial score (nSPS) is 20.7. The maximum atomic E-state index is 14.9. The predicted molar refractivity (Wildman–Crippen MR) is 195 cm³/mol. The Morgan fingerprint density at radius 1 is 1.02 bits per heavy atom. The van der Waals surface area contributed by atoms with Gasteiger partial charge in [-0.15, -0.1) is 11.3 Å². The van der Waals surface area contributed by atoms with Crippen LogP contribution in [0, 0.1) is 11.6 Å². The lowest BCUT2D eigenvalue weighted by molar-refractivity contribution is 0.0150. The number of benzene rings is 1. The van der Waals surface area contributed by atoms with Gasteiger partial charge in [0.1, 0.15) is 33.6 Å². The van der Waals surface area contributed by atoms with E-state index in [2.05, 4.69) is 11.1 Å². The molecule has 1 fully saturated rings. The molecule has 0 N–H and O–H groups in total. The lowest BCUT2D eigenvalue weighted by Gasteiger charge is -2.41. The second-order valence-corrected chi connectivity index (χ2v) is 16.1.